The Morgan fingerprint density at radius 2 is 1.65 bits per heavy atom. The summed E-state index contributed by atoms with van der Waals surface area (Å²) in [6, 6.07) is 12.7. The van der Waals surface area contributed by atoms with Gasteiger partial charge in [0.25, 0.3) is 0 Å². The Hall–Kier alpha value is -2.10. The van der Waals surface area contributed by atoms with Gasteiger partial charge in [-0.15, -0.1) is 0 Å². The van der Waals surface area contributed by atoms with E-state index in [-0.39, 0.29) is 23.3 Å². The average Bonchev–Trinajstić information content (AvgIpc) is 2.38. The fourth-order valence-electron chi connectivity index (χ4n) is 2.12. The van der Waals surface area contributed by atoms with Gasteiger partial charge in [0.1, 0.15) is 0 Å². The zero-order chi connectivity index (χ0) is 14.8. The minimum atomic E-state index is -4.44. The molecule has 0 aliphatic heterocycles. The smallest absolute Gasteiger partial charge is 0.294 e. The van der Waals surface area contributed by atoms with E-state index in [4.69, 9.17) is 0 Å². The van der Waals surface area contributed by atoms with Crippen LogP contribution in [0.1, 0.15) is 27.0 Å². The molecule has 0 unspecified atom stereocenters. The van der Waals surface area contributed by atoms with E-state index in [9.17, 15) is 18.0 Å². The number of benzene rings is 2. The normalized spacial score (nSPS) is 11.4. The first-order valence-electron chi connectivity index (χ1n) is 6.13. The Balaban J connectivity index is 2.32. The minimum absolute atomic E-state index is 0.0130. The van der Waals surface area contributed by atoms with Crippen molar-refractivity contribution in [2.75, 3.05) is 0 Å². The van der Waals surface area contributed by atoms with Gasteiger partial charge in [0.05, 0.1) is 5.56 Å². The Labute approximate surface area is 115 Å². The highest BCUT2D eigenvalue weighted by atomic mass is 19.4. The van der Waals surface area contributed by atoms with Crippen LogP contribution in [0.2, 0.25) is 0 Å². The molecule has 104 valence electrons. The van der Waals surface area contributed by atoms with Gasteiger partial charge in [0.15, 0.2) is 5.78 Å². The molecule has 0 aliphatic carbocycles. The van der Waals surface area contributed by atoms with E-state index in [1.54, 1.807) is 24.3 Å². The van der Waals surface area contributed by atoms with Crippen molar-refractivity contribution in [2.45, 2.75) is 19.5 Å². The highest BCUT2D eigenvalue weighted by Crippen LogP contribution is 2.33. The monoisotopic (exact) mass is 278 g/mol. The summed E-state index contributed by atoms with van der Waals surface area (Å²) in [6.45, 7) is 1.33. The lowest BCUT2D eigenvalue weighted by Crippen LogP contribution is -2.12. The number of carbonyl (C=O) groups is 1. The summed E-state index contributed by atoms with van der Waals surface area (Å²) in [4.78, 5) is 12.1. The molecule has 1 nitrogen and oxygen atoms in total. The topological polar surface area (TPSA) is 17.1 Å². The Morgan fingerprint density at radius 1 is 1.00 bits per heavy atom. The van der Waals surface area contributed by atoms with Crippen LogP contribution in [-0.4, -0.2) is 5.78 Å². The van der Waals surface area contributed by atoms with E-state index >= 15 is 0 Å². The summed E-state index contributed by atoms with van der Waals surface area (Å²) in [5.74, 6) is -0.306. The summed E-state index contributed by atoms with van der Waals surface area (Å²) in [6.07, 6.45) is -4.34. The molecule has 0 aromatic heterocycles. The van der Waals surface area contributed by atoms with Crippen LogP contribution in [0.15, 0.2) is 48.5 Å². The summed E-state index contributed by atoms with van der Waals surface area (Å²) in [7, 11) is 0. The Bertz CT molecular complexity index is 615. The first-order chi connectivity index (χ1) is 9.39. The predicted octanol–water partition coefficient (Wildman–Crippen LogP) is 4.44. The molecule has 0 atom stereocenters. The highest BCUT2D eigenvalue weighted by molar-refractivity contribution is 5.99. The van der Waals surface area contributed by atoms with Gasteiger partial charge in [-0.3, -0.25) is 4.79 Å². The van der Waals surface area contributed by atoms with E-state index in [0.717, 1.165) is 11.6 Å². The van der Waals surface area contributed by atoms with Crippen molar-refractivity contribution in [2.24, 2.45) is 0 Å². The lowest BCUT2D eigenvalue weighted by molar-refractivity contribution is -0.138. The number of hydrogen-bond acceptors (Lipinski definition) is 1. The van der Waals surface area contributed by atoms with Crippen LogP contribution in [0.4, 0.5) is 13.2 Å². The van der Waals surface area contributed by atoms with E-state index in [1.807, 2.05) is 6.07 Å². The highest BCUT2D eigenvalue weighted by Gasteiger charge is 2.33. The number of rotatable bonds is 3. The summed E-state index contributed by atoms with van der Waals surface area (Å²) in [5, 5.41) is 0. The first kappa shape index (κ1) is 14.3. The molecule has 0 fully saturated rings. The maximum atomic E-state index is 12.8. The average molecular weight is 278 g/mol. The molecular weight excluding hydrogens is 265 g/mol. The fourth-order valence-corrected chi connectivity index (χ4v) is 2.12. The molecule has 2 aromatic rings. The third-order valence-electron chi connectivity index (χ3n) is 3.15. The minimum Gasteiger partial charge on any atom is -0.294 e. The molecule has 0 amide bonds. The zero-order valence-corrected chi connectivity index (χ0v) is 10.9. The Morgan fingerprint density at radius 3 is 2.25 bits per heavy atom. The summed E-state index contributed by atoms with van der Waals surface area (Å²) in [5.41, 5.74) is 0.148. The number of halogens is 3. The lowest BCUT2D eigenvalue weighted by Gasteiger charge is -2.13. The van der Waals surface area contributed by atoms with Gasteiger partial charge < -0.3 is 0 Å². The van der Waals surface area contributed by atoms with Gasteiger partial charge in [-0.2, -0.15) is 13.2 Å². The first-order valence-corrected chi connectivity index (χ1v) is 6.13. The molecule has 0 aliphatic rings. The third kappa shape index (κ3) is 3.07. The Kier molecular flexibility index (Phi) is 3.93. The molecule has 0 saturated heterocycles. The zero-order valence-electron chi connectivity index (χ0n) is 10.9. The molecule has 0 heterocycles. The molecule has 0 spiro atoms. The molecule has 0 bridgehead atoms. The quantitative estimate of drug-likeness (QED) is 0.759. The van der Waals surface area contributed by atoms with Crippen LogP contribution in [0.5, 0.6) is 0 Å². The van der Waals surface area contributed by atoms with Crippen LogP contribution < -0.4 is 0 Å². The maximum Gasteiger partial charge on any atom is 0.416 e. The van der Waals surface area contributed by atoms with Crippen LogP contribution >= 0.6 is 0 Å². The second-order valence-electron chi connectivity index (χ2n) is 4.56. The molecule has 0 radical (unpaired) electrons. The van der Waals surface area contributed by atoms with Crippen molar-refractivity contribution < 1.29 is 18.0 Å². The molecular formula is C16H13F3O. The molecule has 20 heavy (non-hydrogen) atoms. The molecule has 2 rings (SSSR count). The van der Waals surface area contributed by atoms with Gasteiger partial charge in [0.2, 0.25) is 0 Å². The third-order valence-corrected chi connectivity index (χ3v) is 3.15. The maximum absolute atomic E-state index is 12.8. The number of alkyl halides is 3. The van der Waals surface area contributed by atoms with Gasteiger partial charge in [-0.05, 0) is 24.1 Å². The van der Waals surface area contributed by atoms with Crippen LogP contribution in [-0.2, 0) is 12.6 Å². The summed E-state index contributed by atoms with van der Waals surface area (Å²) >= 11 is 0. The number of Topliss-reactive ketones (excluding diaryl/α,β-unsaturated/α-hetero) is 1. The SMILES string of the molecule is Cc1c(C(=O)Cc2ccccc2)cccc1C(F)(F)F. The molecule has 4 heteroatoms. The van der Waals surface area contributed by atoms with Crippen LogP contribution in [0.3, 0.4) is 0 Å². The summed E-state index contributed by atoms with van der Waals surface area (Å²) < 4.78 is 38.4. The van der Waals surface area contributed by atoms with Crippen molar-refractivity contribution >= 4 is 5.78 Å². The second-order valence-corrected chi connectivity index (χ2v) is 4.56. The molecule has 0 saturated carbocycles. The lowest BCUT2D eigenvalue weighted by atomic mass is 9.95. The van der Waals surface area contributed by atoms with Gasteiger partial charge in [-0.1, -0.05) is 42.5 Å². The van der Waals surface area contributed by atoms with E-state index in [2.05, 4.69) is 0 Å². The van der Waals surface area contributed by atoms with Gasteiger partial charge >= 0.3 is 6.18 Å². The van der Waals surface area contributed by atoms with Crippen LogP contribution in [0.25, 0.3) is 0 Å². The number of hydrogen-bond donors (Lipinski definition) is 0. The fraction of sp³-hybridized carbons (Fsp3) is 0.188. The van der Waals surface area contributed by atoms with Crippen molar-refractivity contribution in [3.05, 3.63) is 70.8 Å². The largest absolute Gasteiger partial charge is 0.416 e. The van der Waals surface area contributed by atoms with Crippen molar-refractivity contribution in [3.8, 4) is 0 Å². The van der Waals surface area contributed by atoms with Crippen molar-refractivity contribution in [1.29, 1.82) is 0 Å². The van der Waals surface area contributed by atoms with E-state index in [0.29, 0.717) is 0 Å². The second kappa shape index (κ2) is 5.49. The molecule has 0 N–H and O–H groups in total. The molecule has 2 aromatic carbocycles. The van der Waals surface area contributed by atoms with Gasteiger partial charge in [-0.25, -0.2) is 0 Å². The van der Waals surface area contributed by atoms with Crippen LogP contribution in [0, 0.1) is 6.92 Å². The van der Waals surface area contributed by atoms with E-state index in [1.165, 1.54) is 19.1 Å². The van der Waals surface area contributed by atoms with Gasteiger partial charge in [0, 0.05) is 12.0 Å². The number of ketones is 1. The van der Waals surface area contributed by atoms with E-state index < -0.39 is 11.7 Å². The standard InChI is InChI=1S/C16H13F3O/c1-11-13(8-5-9-14(11)16(17,18)19)15(20)10-12-6-3-2-4-7-12/h2-9H,10H2,1H3. The van der Waals surface area contributed by atoms with Crippen molar-refractivity contribution in [3.63, 3.8) is 0 Å². The van der Waals surface area contributed by atoms with Crippen molar-refractivity contribution in [1.82, 2.24) is 0 Å². The number of carbonyl (C=O) groups excluding carboxylic acids is 1. The predicted molar refractivity (Wildman–Crippen MR) is 70.7 cm³/mol.